The molecule has 3 nitrogen and oxygen atoms in total. The number of hydrogen-bond donors (Lipinski definition) is 0. The average molecular weight is 870 g/mol. The number of rotatable bonds is 7. The molecule has 13 rings (SSSR count). The first-order valence-corrected chi connectivity index (χ1v) is 23.5. The molecule has 0 amide bonds. The maximum absolute atomic E-state index is 5.40. The van der Waals surface area contributed by atoms with E-state index in [2.05, 4.69) is 237 Å². The zero-order chi connectivity index (χ0) is 44.3. The van der Waals surface area contributed by atoms with Gasteiger partial charge in [-0.25, -0.2) is 15.0 Å². The summed E-state index contributed by atoms with van der Waals surface area (Å²) in [4.78, 5) is 16.1. The smallest absolute Gasteiger partial charge is 0.164 e. The van der Waals surface area contributed by atoms with Gasteiger partial charge < -0.3 is 0 Å². The van der Waals surface area contributed by atoms with E-state index in [-0.39, 0.29) is 0 Å². The van der Waals surface area contributed by atoms with E-state index in [1.807, 2.05) is 11.3 Å². The van der Waals surface area contributed by atoms with Gasteiger partial charge in [-0.2, -0.15) is 0 Å². The molecule has 4 heteroatoms. The molecule has 312 valence electrons. The van der Waals surface area contributed by atoms with E-state index in [1.165, 1.54) is 53.2 Å². The Labute approximate surface area is 392 Å². The Morgan fingerprint density at radius 3 is 1.52 bits per heavy atom. The van der Waals surface area contributed by atoms with Gasteiger partial charge in [0.25, 0.3) is 0 Å². The van der Waals surface area contributed by atoms with Gasteiger partial charge in [-0.05, 0) is 119 Å². The van der Waals surface area contributed by atoms with Crippen LogP contribution in [0, 0.1) is 0 Å². The Kier molecular flexibility index (Phi) is 9.36. The first-order valence-electron chi connectivity index (χ1n) is 22.7. The minimum atomic E-state index is 0.618. The SMILES string of the molecule is c1ccc(-c2ccc3cccc(-c4nc(-c5cccc(-c6cccc(-c7ccc8ccccc8c7)c6)c5)nc(-c5ccc(-c6ccc7c(c6)sc6ccccc67)c6ccccc56)n4)c3c2)cc1. The molecule has 0 aliphatic heterocycles. The number of benzene rings is 11. The molecule has 2 aromatic heterocycles. The summed E-state index contributed by atoms with van der Waals surface area (Å²) in [6.07, 6.45) is 0. The molecule has 0 N–H and O–H groups in total. The highest BCUT2D eigenvalue weighted by atomic mass is 32.1. The van der Waals surface area contributed by atoms with Crippen LogP contribution < -0.4 is 0 Å². The number of nitrogens with zero attached hydrogens (tertiary/aromatic N) is 3. The molecule has 67 heavy (non-hydrogen) atoms. The molecule has 0 atom stereocenters. The van der Waals surface area contributed by atoms with Crippen molar-refractivity contribution in [1.29, 1.82) is 0 Å². The van der Waals surface area contributed by atoms with Gasteiger partial charge in [-0.1, -0.05) is 194 Å². The largest absolute Gasteiger partial charge is 0.208 e. The van der Waals surface area contributed by atoms with Crippen LogP contribution in [0.15, 0.2) is 237 Å². The van der Waals surface area contributed by atoms with Crippen LogP contribution in [0.25, 0.3) is 131 Å². The van der Waals surface area contributed by atoms with Crippen LogP contribution in [0.3, 0.4) is 0 Å². The normalized spacial score (nSPS) is 11.6. The van der Waals surface area contributed by atoms with Crippen LogP contribution in [-0.4, -0.2) is 15.0 Å². The summed E-state index contributed by atoms with van der Waals surface area (Å²) in [6, 6.07) is 84.8. The molecule has 0 bridgehead atoms. The quantitative estimate of drug-likeness (QED) is 0.160. The monoisotopic (exact) mass is 869 g/mol. The van der Waals surface area contributed by atoms with Gasteiger partial charge >= 0.3 is 0 Å². The van der Waals surface area contributed by atoms with Crippen molar-refractivity contribution in [2.24, 2.45) is 0 Å². The second-order valence-electron chi connectivity index (χ2n) is 17.2. The summed E-state index contributed by atoms with van der Waals surface area (Å²) in [6.45, 7) is 0. The van der Waals surface area contributed by atoms with E-state index < -0.39 is 0 Å². The van der Waals surface area contributed by atoms with E-state index >= 15 is 0 Å². The highest BCUT2D eigenvalue weighted by Crippen LogP contribution is 2.41. The Morgan fingerprint density at radius 1 is 0.224 bits per heavy atom. The molecule has 0 unspecified atom stereocenters. The molecule has 0 radical (unpaired) electrons. The van der Waals surface area contributed by atoms with Gasteiger partial charge in [-0.15, -0.1) is 11.3 Å². The lowest BCUT2D eigenvalue weighted by Crippen LogP contribution is -2.01. The number of aromatic nitrogens is 3. The van der Waals surface area contributed by atoms with E-state index in [0.717, 1.165) is 60.5 Å². The van der Waals surface area contributed by atoms with Gasteiger partial charge in [-0.3, -0.25) is 0 Å². The Hall–Kier alpha value is -8.57. The summed E-state index contributed by atoms with van der Waals surface area (Å²) < 4.78 is 2.59. The molecular formula is C63H39N3S. The Morgan fingerprint density at radius 2 is 0.731 bits per heavy atom. The van der Waals surface area contributed by atoms with Crippen molar-refractivity contribution in [2.45, 2.75) is 0 Å². The predicted molar refractivity (Wildman–Crippen MR) is 283 cm³/mol. The fourth-order valence-corrected chi connectivity index (χ4v) is 10.9. The zero-order valence-electron chi connectivity index (χ0n) is 36.3. The summed E-state index contributed by atoms with van der Waals surface area (Å²) in [7, 11) is 0. The third-order valence-electron chi connectivity index (χ3n) is 13.1. The van der Waals surface area contributed by atoms with Crippen molar-refractivity contribution < 1.29 is 0 Å². The Bertz CT molecular complexity index is 4060. The predicted octanol–water partition coefficient (Wildman–Crippen LogP) is 17.4. The molecule has 0 aliphatic carbocycles. The second kappa shape index (κ2) is 16.1. The highest BCUT2D eigenvalue weighted by molar-refractivity contribution is 7.25. The van der Waals surface area contributed by atoms with E-state index in [4.69, 9.17) is 15.0 Å². The van der Waals surface area contributed by atoms with Gasteiger partial charge in [0.05, 0.1) is 0 Å². The minimum absolute atomic E-state index is 0.618. The van der Waals surface area contributed by atoms with Crippen LogP contribution in [0.5, 0.6) is 0 Å². The maximum Gasteiger partial charge on any atom is 0.164 e. The topological polar surface area (TPSA) is 38.7 Å². The Balaban J connectivity index is 0.971. The van der Waals surface area contributed by atoms with E-state index in [9.17, 15) is 0 Å². The maximum atomic E-state index is 5.40. The summed E-state index contributed by atoms with van der Waals surface area (Å²) >= 11 is 1.85. The van der Waals surface area contributed by atoms with Crippen molar-refractivity contribution in [3.05, 3.63) is 237 Å². The zero-order valence-corrected chi connectivity index (χ0v) is 37.1. The van der Waals surface area contributed by atoms with Gasteiger partial charge in [0, 0.05) is 36.9 Å². The first-order chi connectivity index (χ1) is 33.2. The van der Waals surface area contributed by atoms with Crippen LogP contribution in [0.1, 0.15) is 0 Å². The molecular weight excluding hydrogens is 831 g/mol. The molecule has 11 aromatic carbocycles. The molecule has 0 fully saturated rings. The van der Waals surface area contributed by atoms with Crippen molar-refractivity contribution in [1.82, 2.24) is 15.0 Å². The van der Waals surface area contributed by atoms with Crippen LogP contribution >= 0.6 is 11.3 Å². The van der Waals surface area contributed by atoms with E-state index in [0.29, 0.717) is 17.5 Å². The van der Waals surface area contributed by atoms with Crippen molar-refractivity contribution in [2.75, 3.05) is 0 Å². The molecule has 0 saturated heterocycles. The number of fused-ring (bicyclic) bond motifs is 6. The average Bonchev–Trinajstić information content (AvgIpc) is 3.78. The first kappa shape index (κ1) is 38.9. The number of thiophene rings is 1. The fourth-order valence-electron chi connectivity index (χ4n) is 9.75. The lowest BCUT2D eigenvalue weighted by Gasteiger charge is -2.14. The standard InChI is InChI=1S/C63H39N3S/c1-2-13-40(14-3-1)48-30-28-42-17-12-25-56(58(42)38-48)62-64-61(50-21-11-20-46(37-50)44-18-10-19-45(36-44)47-29-27-41-15-4-5-16-43(41)35-47)65-63(66-62)57-34-33-51(52-22-6-7-23-53(52)57)49-31-32-55-54-24-8-9-26-59(54)67-60(55)39-49/h1-39H. The van der Waals surface area contributed by atoms with Crippen LogP contribution in [0.4, 0.5) is 0 Å². The summed E-state index contributed by atoms with van der Waals surface area (Å²) in [5.74, 6) is 1.87. The molecule has 13 aromatic rings. The van der Waals surface area contributed by atoms with Crippen LogP contribution in [0.2, 0.25) is 0 Å². The molecule has 2 heterocycles. The second-order valence-corrected chi connectivity index (χ2v) is 18.2. The summed E-state index contributed by atoms with van der Waals surface area (Å²) in [5.41, 5.74) is 12.1. The van der Waals surface area contributed by atoms with Crippen molar-refractivity contribution in [3.8, 4) is 78.7 Å². The summed E-state index contributed by atoms with van der Waals surface area (Å²) in [5, 5.41) is 9.51. The highest BCUT2D eigenvalue weighted by Gasteiger charge is 2.19. The van der Waals surface area contributed by atoms with Crippen LogP contribution in [-0.2, 0) is 0 Å². The van der Waals surface area contributed by atoms with Gasteiger partial charge in [0.2, 0.25) is 0 Å². The van der Waals surface area contributed by atoms with Gasteiger partial charge in [0.15, 0.2) is 17.5 Å². The molecule has 0 saturated carbocycles. The molecule has 0 aliphatic rings. The van der Waals surface area contributed by atoms with Crippen molar-refractivity contribution >= 4 is 63.8 Å². The third-order valence-corrected chi connectivity index (χ3v) is 14.3. The minimum Gasteiger partial charge on any atom is -0.208 e. The van der Waals surface area contributed by atoms with Gasteiger partial charge in [0.1, 0.15) is 0 Å². The number of hydrogen-bond acceptors (Lipinski definition) is 4. The third kappa shape index (κ3) is 7.03. The lowest BCUT2D eigenvalue weighted by atomic mass is 9.94. The fraction of sp³-hybridized carbons (Fsp3) is 0. The lowest BCUT2D eigenvalue weighted by molar-refractivity contribution is 1.08. The molecule has 0 spiro atoms. The van der Waals surface area contributed by atoms with E-state index in [1.54, 1.807) is 0 Å². The van der Waals surface area contributed by atoms with Crippen molar-refractivity contribution in [3.63, 3.8) is 0 Å².